The van der Waals surface area contributed by atoms with Crippen molar-refractivity contribution in [3.8, 4) is 0 Å². The summed E-state index contributed by atoms with van der Waals surface area (Å²) in [6.45, 7) is 1.23. The van der Waals surface area contributed by atoms with Crippen molar-refractivity contribution in [2.75, 3.05) is 6.61 Å². The fourth-order valence-corrected chi connectivity index (χ4v) is 4.12. The van der Waals surface area contributed by atoms with Gasteiger partial charge in [-0.15, -0.1) is 0 Å². The lowest BCUT2D eigenvalue weighted by Crippen LogP contribution is -2.40. The van der Waals surface area contributed by atoms with Crippen LogP contribution in [0.2, 0.25) is 0 Å². The molecule has 1 aromatic rings. The molecule has 4 nitrogen and oxygen atoms in total. The molecule has 0 aliphatic heterocycles. The third kappa shape index (κ3) is 10.8. The van der Waals surface area contributed by atoms with Crippen LogP contribution in [0.1, 0.15) is 89.0 Å². The Kier molecular flexibility index (Phi) is 11.9. The van der Waals surface area contributed by atoms with E-state index in [1.807, 2.05) is 30.3 Å². The number of unbranched alkanes of at least 4 members (excludes halogenated alkanes) is 1. The second kappa shape index (κ2) is 14.6. The molecular weight excluding hydrogens is 350 g/mol. The van der Waals surface area contributed by atoms with Gasteiger partial charge in [0.25, 0.3) is 0 Å². The Balaban J connectivity index is 0.000000202. The Hall–Kier alpha value is -1.39. The van der Waals surface area contributed by atoms with Gasteiger partial charge in [0.15, 0.2) is 0 Å². The molecule has 0 atom stereocenters. The second-order valence-corrected chi connectivity index (χ2v) is 8.23. The highest BCUT2D eigenvalue weighted by atomic mass is 16.5. The van der Waals surface area contributed by atoms with Crippen LogP contribution in [0.15, 0.2) is 30.3 Å². The molecule has 0 radical (unpaired) electrons. The average Bonchev–Trinajstić information content (AvgIpc) is 2.73. The number of rotatable bonds is 9. The summed E-state index contributed by atoms with van der Waals surface area (Å²) < 4.78 is 5.41. The highest BCUT2D eigenvalue weighted by Gasteiger charge is 2.19. The smallest absolute Gasteiger partial charge is 0.303 e. The second-order valence-electron chi connectivity index (χ2n) is 8.23. The Bertz CT molecular complexity index is 492. The Labute approximate surface area is 171 Å². The molecule has 0 bridgehead atoms. The molecule has 0 unspecified atom stereocenters. The molecule has 2 saturated carbocycles. The van der Waals surface area contributed by atoms with Gasteiger partial charge in [0.1, 0.15) is 0 Å². The van der Waals surface area contributed by atoms with Crippen molar-refractivity contribution in [2.45, 2.75) is 102 Å². The summed E-state index contributed by atoms with van der Waals surface area (Å²) in [5.41, 5.74) is 1.15. The molecule has 4 heteroatoms. The third-order valence-electron chi connectivity index (χ3n) is 5.72. The van der Waals surface area contributed by atoms with Crippen molar-refractivity contribution in [3.05, 3.63) is 35.9 Å². The van der Waals surface area contributed by atoms with Crippen LogP contribution in [0.4, 0.5) is 0 Å². The van der Waals surface area contributed by atoms with Gasteiger partial charge in [-0.1, -0.05) is 68.9 Å². The summed E-state index contributed by atoms with van der Waals surface area (Å²) in [5.74, 6) is -0.738. The first-order valence-electron chi connectivity index (χ1n) is 11.3. The first-order valence-corrected chi connectivity index (χ1v) is 11.3. The highest BCUT2D eigenvalue weighted by molar-refractivity contribution is 5.66. The van der Waals surface area contributed by atoms with Crippen LogP contribution in [0.25, 0.3) is 0 Å². The van der Waals surface area contributed by atoms with Gasteiger partial charge in [0.05, 0.1) is 6.61 Å². The summed E-state index contributed by atoms with van der Waals surface area (Å²) in [5, 5.41) is 12.3. The molecule has 3 rings (SSSR count). The molecule has 0 heterocycles. The third-order valence-corrected chi connectivity index (χ3v) is 5.72. The molecular formula is C24H39NO3. The topological polar surface area (TPSA) is 58.6 Å². The normalized spacial score (nSPS) is 18.3. The van der Waals surface area contributed by atoms with E-state index in [9.17, 15) is 4.79 Å². The van der Waals surface area contributed by atoms with E-state index in [1.54, 1.807) is 0 Å². The summed E-state index contributed by atoms with van der Waals surface area (Å²) >= 11 is 0. The van der Waals surface area contributed by atoms with Crippen LogP contribution in [0, 0.1) is 0 Å². The predicted octanol–water partition coefficient (Wildman–Crippen LogP) is 5.70. The first-order chi connectivity index (χ1) is 13.7. The van der Waals surface area contributed by atoms with Gasteiger partial charge in [-0.25, -0.2) is 0 Å². The molecule has 2 fully saturated rings. The standard InChI is InChI=1S/C12H23N.C12H16O3/c1-3-7-11(8-4-1)13-12-9-5-2-6-10-12;13-12(14)8-4-5-9-15-10-11-6-2-1-3-7-11/h11-13H,1-10H2;1-3,6-7H,4-5,8-10H2,(H,13,14). The zero-order valence-corrected chi connectivity index (χ0v) is 17.4. The van der Waals surface area contributed by atoms with E-state index in [1.165, 1.54) is 64.2 Å². The summed E-state index contributed by atoms with van der Waals surface area (Å²) in [4.78, 5) is 10.2. The van der Waals surface area contributed by atoms with Crippen LogP contribution in [0.5, 0.6) is 0 Å². The molecule has 1 aromatic carbocycles. The van der Waals surface area contributed by atoms with E-state index in [2.05, 4.69) is 5.32 Å². The zero-order chi connectivity index (χ0) is 19.9. The van der Waals surface area contributed by atoms with Crippen molar-refractivity contribution in [1.82, 2.24) is 5.32 Å². The summed E-state index contributed by atoms with van der Waals surface area (Å²) in [6.07, 6.45) is 16.3. The van der Waals surface area contributed by atoms with Gasteiger partial charge in [0.2, 0.25) is 0 Å². The van der Waals surface area contributed by atoms with Gasteiger partial charge in [-0.3, -0.25) is 4.79 Å². The van der Waals surface area contributed by atoms with Crippen molar-refractivity contribution < 1.29 is 14.6 Å². The van der Waals surface area contributed by atoms with Gasteiger partial charge in [-0.2, -0.15) is 0 Å². The van der Waals surface area contributed by atoms with Crippen LogP contribution in [-0.2, 0) is 16.1 Å². The number of carbonyl (C=O) groups is 1. The van der Waals surface area contributed by atoms with Crippen LogP contribution in [0.3, 0.4) is 0 Å². The van der Waals surface area contributed by atoms with E-state index in [0.29, 0.717) is 19.6 Å². The lowest BCUT2D eigenvalue weighted by molar-refractivity contribution is -0.137. The number of aliphatic carboxylic acids is 1. The highest BCUT2D eigenvalue weighted by Crippen LogP contribution is 2.22. The monoisotopic (exact) mass is 389 g/mol. The molecule has 0 saturated heterocycles. The molecule has 2 aliphatic carbocycles. The SMILES string of the molecule is C1CCC(NC2CCCCC2)CC1.O=C(O)CCCCOCc1ccccc1. The van der Waals surface area contributed by atoms with Crippen molar-refractivity contribution >= 4 is 5.97 Å². The van der Waals surface area contributed by atoms with Crippen molar-refractivity contribution in [2.24, 2.45) is 0 Å². The van der Waals surface area contributed by atoms with E-state index >= 15 is 0 Å². The van der Waals surface area contributed by atoms with Gasteiger partial charge in [0, 0.05) is 25.1 Å². The molecule has 2 N–H and O–H groups in total. The minimum Gasteiger partial charge on any atom is -0.481 e. The van der Waals surface area contributed by atoms with Crippen LogP contribution in [-0.4, -0.2) is 29.8 Å². The maximum Gasteiger partial charge on any atom is 0.303 e. The lowest BCUT2D eigenvalue weighted by atomic mass is 9.91. The largest absolute Gasteiger partial charge is 0.481 e. The summed E-state index contributed by atoms with van der Waals surface area (Å²) in [7, 11) is 0. The first kappa shape index (κ1) is 22.9. The Morgan fingerprint density at radius 2 is 1.46 bits per heavy atom. The van der Waals surface area contributed by atoms with E-state index in [4.69, 9.17) is 9.84 Å². The zero-order valence-electron chi connectivity index (χ0n) is 17.4. The Morgan fingerprint density at radius 1 is 0.893 bits per heavy atom. The number of hydrogen-bond acceptors (Lipinski definition) is 3. The number of carboxylic acid groups (broad SMARTS) is 1. The molecule has 0 aromatic heterocycles. The lowest BCUT2D eigenvalue weighted by Gasteiger charge is -2.30. The number of hydrogen-bond donors (Lipinski definition) is 2. The number of carboxylic acids is 1. The molecule has 2 aliphatic rings. The van der Waals surface area contributed by atoms with Crippen LogP contribution < -0.4 is 5.32 Å². The predicted molar refractivity (Wildman–Crippen MR) is 114 cm³/mol. The molecule has 0 spiro atoms. The average molecular weight is 390 g/mol. The molecule has 0 amide bonds. The fraction of sp³-hybridized carbons (Fsp3) is 0.708. The number of nitrogens with one attached hydrogen (secondary N) is 1. The maximum atomic E-state index is 10.2. The molecule has 158 valence electrons. The quantitative estimate of drug-likeness (QED) is 0.532. The number of ether oxygens (including phenoxy) is 1. The van der Waals surface area contributed by atoms with Gasteiger partial charge < -0.3 is 15.2 Å². The molecule has 28 heavy (non-hydrogen) atoms. The van der Waals surface area contributed by atoms with E-state index < -0.39 is 5.97 Å². The van der Waals surface area contributed by atoms with Crippen molar-refractivity contribution in [3.63, 3.8) is 0 Å². The van der Waals surface area contributed by atoms with E-state index in [0.717, 1.165) is 24.1 Å². The van der Waals surface area contributed by atoms with Gasteiger partial charge in [-0.05, 0) is 44.1 Å². The van der Waals surface area contributed by atoms with E-state index in [-0.39, 0.29) is 6.42 Å². The fourth-order valence-electron chi connectivity index (χ4n) is 4.12. The maximum absolute atomic E-state index is 10.2. The van der Waals surface area contributed by atoms with Gasteiger partial charge >= 0.3 is 5.97 Å². The summed E-state index contributed by atoms with van der Waals surface area (Å²) in [6, 6.07) is 11.7. The minimum absolute atomic E-state index is 0.231. The van der Waals surface area contributed by atoms with Crippen molar-refractivity contribution in [1.29, 1.82) is 0 Å². The number of benzene rings is 1. The Morgan fingerprint density at radius 3 is 2.00 bits per heavy atom. The van der Waals surface area contributed by atoms with Crippen LogP contribution >= 0.6 is 0 Å². The minimum atomic E-state index is -0.738.